The summed E-state index contributed by atoms with van der Waals surface area (Å²) in [6.07, 6.45) is 5.75. The molecule has 1 aliphatic rings. The van der Waals surface area contributed by atoms with E-state index in [0.717, 1.165) is 29.1 Å². The number of carbonyl (C=O) groups is 1. The average molecular weight is 494 g/mol. The van der Waals surface area contributed by atoms with Gasteiger partial charge in [-0.05, 0) is 57.9 Å². The van der Waals surface area contributed by atoms with Gasteiger partial charge in [0.15, 0.2) is 0 Å². The molecule has 35 heavy (non-hydrogen) atoms. The highest BCUT2D eigenvalue weighted by atomic mass is 19.3. The molecule has 7 nitrogen and oxygen atoms in total. The standard InChI is InChI=1S/C26H37F2N3O4/c1-6-7-8-9-10-11-14-33-21-13-12-19(15-18(21)2)22-29-23(35-30-22)20-16-26(27,28)17-31(20)24(32)34-25(3,4)5/h12-13,15,20H,6-11,14,16-17H2,1-5H3/t20-/m0/s1. The van der Waals surface area contributed by atoms with Gasteiger partial charge in [-0.3, -0.25) is 4.90 Å². The highest BCUT2D eigenvalue weighted by molar-refractivity contribution is 5.69. The topological polar surface area (TPSA) is 77.7 Å². The molecular formula is C26H37F2N3O4. The Balaban J connectivity index is 1.65. The lowest BCUT2D eigenvalue weighted by Gasteiger charge is -2.26. The van der Waals surface area contributed by atoms with E-state index in [2.05, 4.69) is 17.1 Å². The van der Waals surface area contributed by atoms with E-state index >= 15 is 0 Å². The number of unbranched alkanes of at least 4 members (excludes halogenated alkanes) is 5. The minimum atomic E-state index is -3.07. The second-order valence-electron chi connectivity index (χ2n) is 10.2. The van der Waals surface area contributed by atoms with Crippen molar-refractivity contribution in [2.75, 3.05) is 13.2 Å². The van der Waals surface area contributed by atoms with Crippen LogP contribution in [-0.4, -0.2) is 45.8 Å². The molecule has 0 saturated carbocycles. The Bertz CT molecular complexity index is 987. The molecule has 194 valence electrons. The summed E-state index contributed by atoms with van der Waals surface area (Å²) >= 11 is 0. The molecule has 0 aliphatic carbocycles. The molecular weight excluding hydrogens is 456 g/mol. The van der Waals surface area contributed by atoms with Crippen molar-refractivity contribution in [3.63, 3.8) is 0 Å². The highest BCUT2D eigenvalue weighted by Crippen LogP contribution is 2.41. The molecule has 1 amide bonds. The Kier molecular flexibility index (Phi) is 8.72. The fourth-order valence-electron chi connectivity index (χ4n) is 4.05. The molecule has 0 unspecified atom stereocenters. The van der Waals surface area contributed by atoms with Gasteiger partial charge in [0.05, 0.1) is 13.2 Å². The number of aromatic nitrogens is 2. The molecule has 0 bridgehead atoms. The predicted molar refractivity (Wildman–Crippen MR) is 129 cm³/mol. The van der Waals surface area contributed by atoms with Gasteiger partial charge in [-0.1, -0.05) is 44.2 Å². The van der Waals surface area contributed by atoms with Gasteiger partial charge in [0, 0.05) is 12.0 Å². The monoisotopic (exact) mass is 493 g/mol. The zero-order valence-electron chi connectivity index (χ0n) is 21.4. The van der Waals surface area contributed by atoms with Crippen molar-refractivity contribution >= 4 is 6.09 Å². The van der Waals surface area contributed by atoms with Gasteiger partial charge in [0.25, 0.3) is 5.92 Å². The van der Waals surface area contributed by atoms with Crippen molar-refractivity contribution in [2.45, 2.75) is 97.1 Å². The maximum Gasteiger partial charge on any atom is 0.411 e. The van der Waals surface area contributed by atoms with Gasteiger partial charge in [0.1, 0.15) is 17.4 Å². The van der Waals surface area contributed by atoms with Crippen LogP contribution in [0.4, 0.5) is 13.6 Å². The number of hydrogen-bond acceptors (Lipinski definition) is 6. The number of aryl methyl sites for hydroxylation is 1. The van der Waals surface area contributed by atoms with Crippen molar-refractivity contribution in [3.05, 3.63) is 29.7 Å². The van der Waals surface area contributed by atoms with Crippen molar-refractivity contribution in [1.82, 2.24) is 15.0 Å². The van der Waals surface area contributed by atoms with Crippen LogP contribution in [0.1, 0.15) is 90.1 Å². The maximum atomic E-state index is 14.2. The third-order valence-corrected chi connectivity index (χ3v) is 5.81. The molecule has 1 aliphatic heterocycles. The van der Waals surface area contributed by atoms with E-state index in [1.807, 2.05) is 25.1 Å². The SMILES string of the molecule is CCCCCCCCOc1ccc(-c2noc([C@@H]3CC(F)(F)CN3C(=O)OC(C)(C)C)n2)cc1C. The van der Waals surface area contributed by atoms with Gasteiger partial charge >= 0.3 is 6.09 Å². The van der Waals surface area contributed by atoms with Crippen LogP contribution in [0.15, 0.2) is 22.7 Å². The van der Waals surface area contributed by atoms with Gasteiger partial charge in [-0.15, -0.1) is 0 Å². The van der Waals surface area contributed by atoms with E-state index in [1.165, 1.54) is 25.7 Å². The maximum absolute atomic E-state index is 14.2. The van der Waals surface area contributed by atoms with E-state index < -0.39 is 36.6 Å². The quantitative estimate of drug-likeness (QED) is 0.329. The van der Waals surface area contributed by atoms with Crippen LogP contribution in [0.2, 0.25) is 0 Å². The number of alkyl halides is 2. The fourth-order valence-corrected chi connectivity index (χ4v) is 4.05. The molecule has 1 aromatic carbocycles. The van der Waals surface area contributed by atoms with Gasteiger partial charge < -0.3 is 14.0 Å². The Morgan fingerprint density at radius 3 is 2.60 bits per heavy atom. The Hall–Kier alpha value is -2.71. The van der Waals surface area contributed by atoms with Crippen molar-refractivity contribution in [3.8, 4) is 17.1 Å². The first kappa shape index (κ1) is 26.9. The third-order valence-electron chi connectivity index (χ3n) is 5.81. The minimum absolute atomic E-state index is 0.0379. The number of hydrogen-bond donors (Lipinski definition) is 0. The van der Waals surface area contributed by atoms with E-state index in [1.54, 1.807) is 20.8 Å². The smallest absolute Gasteiger partial charge is 0.411 e. The van der Waals surface area contributed by atoms with Crippen LogP contribution >= 0.6 is 0 Å². The number of likely N-dealkylation sites (tertiary alicyclic amines) is 1. The second-order valence-corrected chi connectivity index (χ2v) is 10.2. The lowest BCUT2D eigenvalue weighted by atomic mass is 10.1. The van der Waals surface area contributed by atoms with Crippen molar-refractivity contribution in [2.24, 2.45) is 0 Å². The van der Waals surface area contributed by atoms with Gasteiger partial charge in [-0.2, -0.15) is 4.98 Å². The molecule has 2 heterocycles. The molecule has 1 atom stereocenters. The Labute approximate surface area is 206 Å². The number of ether oxygens (including phenoxy) is 2. The summed E-state index contributed by atoms with van der Waals surface area (Å²) in [5.41, 5.74) is 0.788. The first-order valence-corrected chi connectivity index (χ1v) is 12.4. The average Bonchev–Trinajstić information content (AvgIpc) is 3.37. The molecule has 0 spiro atoms. The lowest BCUT2D eigenvalue weighted by molar-refractivity contribution is -0.00264. The zero-order valence-corrected chi connectivity index (χ0v) is 21.4. The molecule has 2 aromatic rings. The summed E-state index contributed by atoms with van der Waals surface area (Å²) in [6.45, 7) is 9.09. The lowest BCUT2D eigenvalue weighted by Crippen LogP contribution is -2.38. The van der Waals surface area contributed by atoms with E-state index in [-0.39, 0.29) is 11.7 Å². The molecule has 1 aromatic heterocycles. The summed E-state index contributed by atoms with van der Waals surface area (Å²) in [4.78, 5) is 17.8. The van der Waals surface area contributed by atoms with E-state index in [4.69, 9.17) is 14.0 Å². The number of nitrogens with zero attached hydrogens (tertiary/aromatic N) is 3. The van der Waals surface area contributed by atoms with Gasteiger partial charge in [0.2, 0.25) is 11.7 Å². The summed E-state index contributed by atoms with van der Waals surface area (Å²) in [7, 11) is 0. The van der Waals surface area contributed by atoms with Crippen LogP contribution < -0.4 is 4.74 Å². The Morgan fingerprint density at radius 1 is 1.20 bits per heavy atom. The molecule has 9 heteroatoms. The van der Waals surface area contributed by atoms with Crippen LogP contribution in [-0.2, 0) is 4.74 Å². The summed E-state index contributed by atoms with van der Waals surface area (Å²) in [5.74, 6) is -2.05. The van der Waals surface area contributed by atoms with E-state index in [0.29, 0.717) is 12.2 Å². The normalized spacial score (nSPS) is 17.6. The molecule has 1 fully saturated rings. The predicted octanol–water partition coefficient (Wildman–Crippen LogP) is 7.10. The van der Waals surface area contributed by atoms with Crippen LogP contribution in [0.25, 0.3) is 11.4 Å². The zero-order chi connectivity index (χ0) is 25.6. The molecule has 0 radical (unpaired) electrons. The van der Waals surface area contributed by atoms with E-state index in [9.17, 15) is 13.6 Å². The van der Waals surface area contributed by atoms with Gasteiger partial charge in [-0.25, -0.2) is 13.6 Å². The number of amides is 1. The largest absolute Gasteiger partial charge is 0.493 e. The van der Waals surface area contributed by atoms with Crippen molar-refractivity contribution < 1.29 is 27.6 Å². The molecule has 3 rings (SSSR count). The van der Waals surface area contributed by atoms with Crippen LogP contribution in [0.3, 0.4) is 0 Å². The minimum Gasteiger partial charge on any atom is -0.493 e. The number of halogens is 2. The fraction of sp³-hybridized carbons (Fsp3) is 0.654. The highest BCUT2D eigenvalue weighted by Gasteiger charge is 2.51. The molecule has 0 N–H and O–H groups in total. The molecule has 1 saturated heterocycles. The van der Waals surface area contributed by atoms with Crippen molar-refractivity contribution in [1.29, 1.82) is 0 Å². The number of rotatable bonds is 10. The summed E-state index contributed by atoms with van der Waals surface area (Å²) in [5, 5.41) is 3.98. The Morgan fingerprint density at radius 2 is 1.91 bits per heavy atom. The summed E-state index contributed by atoms with van der Waals surface area (Å²) < 4.78 is 44.9. The second kappa shape index (κ2) is 11.4. The van der Waals surface area contributed by atoms with Crippen LogP contribution in [0.5, 0.6) is 5.75 Å². The first-order valence-electron chi connectivity index (χ1n) is 12.4. The third kappa shape index (κ3) is 7.64. The first-order chi connectivity index (χ1) is 16.5. The van der Waals surface area contributed by atoms with Crippen LogP contribution in [0, 0.1) is 6.92 Å². The summed E-state index contributed by atoms with van der Waals surface area (Å²) in [6, 6.07) is 4.49. The number of carbonyl (C=O) groups excluding carboxylic acids is 1. The number of benzene rings is 1.